The van der Waals surface area contributed by atoms with Gasteiger partial charge < -0.3 is 0 Å². The quantitative estimate of drug-likeness (QED) is 0.783. The number of piperidine rings is 1. The standard InChI is InChI=1S/C17H25NOS/c1-12-9-16(13(2)20-12)17(19)11-18-8-7-14-5-3-4-6-15(14)10-18/h9,14-15H,3-8,10-11H2,1-2H3. The Bertz CT molecular complexity index is 493. The second-order valence-electron chi connectivity index (χ2n) is 6.58. The molecule has 2 atom stereocenters. The normalized spacial score (nSPS) is 27.3. The van der Waals surface area contributed by atoms with E-state index in [1.54, 1.807) is 11.3 Å². The molecule has 3 rings (SSSR count). The van der Waals surface area contributed by atoms with Crippen molar-refractivity contribution in [1.82, 2.24) is 4.90 Å². The summed E-state index contributed by atoms with van der Waals surface area (Å²) in [5.41, 5.74) is 0.957. The lowest BCUT2D eigenvalue weighted by molar-refractivity contribution is 0.0713. The van der Waals surface area contributed by atoms with Gasteiger partial charge in [-0.1, -0.05) is 19.3 Å². The van der Waals surface area contributed by atoms with Gasteiger partial charge in [0, 0.05) is 21.9 Å². The van der Waals surface area contributed by atoms with E-state index in [1.165, 1.54) is 41.9 Å². The first-order valence-electron chi connectivity index (χ1n) is 7.96. The van der Waals surface area contributed by atoms with Crippen LogP contribution < -0.4 is 0 Å². The van der Waals surface area contributed by atoms with Crippen molar-refractivity contribution >= 4 is 17.1 Å². The number of aryl methyl sites for hydroxylation is 2. The number of carbonyl (C=O) groups is 1. The maximum Gasteiger partial charge on any atom is 0.177 e. The third-order valence-corrected chi connectivity index (χ3v) is 6.05. The maximum absolute atomic E-state index is 12.5. The molecule has 1 aromatic rings. The van der Waals surface area contributed by atoms with E-state index in [9.17, 15) is 4.79 Å². The molecule has 2 fully saturated rings. The Hall–Kier alpha value is -0.670. The highest BCUT2D eigenvalue weighted by atomic mass is 32.1. The zero-order chi connectivity index (χ0) is 14.1. The molecule has 0 aromatic carbocycles. The number of carbonyl (C=O) groups excluding carboxylic acids is 1. The highest BCUT2D eigenvalue weighted by Crippen LogP contribution is 2.36. The molecule has 0 bridgehead atoms. The topological polar surface area (TPSA) is 20.3 Å². The van der Waals surface area contributed by atoms with E-state index in [4.69, 9.17) is 0 Å². The van der Waals surface area contributed by atoms with Crippen molar-refractivity contribution < 1.29 is 4.79 Å². The van der Waals surface area contributed by atoms with Crippen LogP contribution in [0.3, 0.4) is 0 Å². The summed E-state index contributed by atoms with van der Waals surface area (Å²) >= 11 is 1.74. The summed E-state index contributed by atoms with van der Waals surface area (Å²) in [6, 6.07) is 2.07. The van der Waals surface area contributed by atoms with Crippen LogP contribution in [0.15, 0.2) is 6.07 Å². The SMILES string of the molecule is Cc1cc(C(=O)CN2CCC3CCCCC3C2)c(C)s1. The summed E-state index contributed by atoms with van der Waals surface area (Å²) in [4.78, 5) is 17.3. The minimum atomic E-state index is 0.320. The lowest BCUT2D eigenvalue weighted by Crippen LogP contribution is -2.43. The third kappa shape index (κ3) is 2.99. The predicted molar refractivity (Wildman–Crippen MR) is 84.6 cm³/mol. The Labute approximate surface area is 126 Å². The third-order valence-electron chi connectivity index (χ3n) is 5.08. The van der Waals surface area contributed by atoms with Crippen molar-refractivity contribution in [1.29, 1.82) is 0 Å². The Balaban J connectivity index is 1.60. The summed E-state index contributed by atoms with van der Waals surface area (Å²) in [5.74, 6) is 2.12. The fraction of sp³-hybridized carbons (Fsp3) is 0.706. The molecule has 3 heteroatoms. The molecule has 2 heterocycles. The molecule has 0 radical (unpaired) electrons. The number of thiophene rings is 1. The van der Waals surface area contributed by atoms with E-state index in [-0.39, 0.29) is 0 Å². The van der Waals surface area contributed by atoms with Crippen molar-refractivity contribution in [3.05, 3.63) is 21.4 Å². The van der Waals surface area contributed by atoms with Crippen LogP contribution in [-0.2, 0) is 0 Å². The number of Topliss-reactive ketones (excluding diaryl/α,β-unsaturated/α-hetero) is 1. The lowest BCUT2D eigenvalue weighted by Gasteiger charge is -2.41. The molecular weight excluding hydrogens is 266 g/mol. The van der Waals surface area contributed by atoms with Crippen LogP contribution in [0.4, 0.5) is 0 Å². The molecule has 0 amide bonds. The molecule has 1 saturated heterocycles. The van der Waals surface area contributed by atoms with Gasteiger partial charge in [-0.3, -0.25) is 9.69 Å². The first kappa shape index (κ1) is 14.3. The summed E-state index contributed by atoms with van der Waals surface area (Å²) in [6.07, 6.45) is 6.93. The van der Waals surface area contributed by atoms with Crippen LogP contribution in [-0.4, -0.2) is 30.3 Å². The monoisotopic (exact) mass is 291 g/mol. The average molecular weight is 291 g/mol. The molecule has 20 heavy (non-hydrogen) atoms. The summed E-state index contributed by atoms with van der Waals surface area (Å²) in [7, 11) is 0. The molecule has 1 aliphatic heterocycles. The molecular formula is C17H25NOS. The van der Waals surface area contributed by atoms with Gasteiger partial charge in [-0.05, 0) is 51.1 Å². The number of ketones is 1. The molecule has 2 nitrogen and oxygen atoms in total. The summed E-state index contributed by atoms with van der Waals surface area (Å²) in [6.45, 7) is 7.05. The van der Waals surface area contributed by atoms with Gasteiger partial charge in [0.05, 0.1) is 6.54 Å². The van der Waals surface area contributed by atoms with Crippen LogP contribution in [0.1, 0.15) is 52.2 Å². The first-order valence-corrected chi connectivity index (χ1v) is 8.77. The number of nitrogens with zero attached hydrogens (tertiary/aromatic N) is 1. The first-order chi connectivity index (χ1) is 9.63. The minimum absolute atomic E-state index is 0.320. The van der Waals surface area contributed by atoms with Crippen molar-refractivity contribution in [3.8, 4) is 0 Å². The smallest absolute Gasteiger partial charge is 0.177 e. The average Bonchev–Trinajstić information content (AvgIpc) is 2.78. The molecule has 0 N–H and O–H groups in total. The Morgan fingerprint density at radius 2 is 2.00 bits per heavy atom. The lowest BCUT2D eigenvalue weighted by atomic mass is 9.75. The zero-order valence-corrected chi connectivity index (χ0v) is 13.5. The van der Waals surface area contributed by atoms with Crippen molar-refractivity contribution in [2.24, 2.45) is 11.8 Å². The van der Waals surface area contributed by atoms with E-state index in [0.717, 1.165) is 30.5 Å². The van der Waals surface area contributed by atoms with Crippen LogP contribution in [0.5, 0.6) is 0 Å². The molecule has 1 aromatic heterocycles. The molecule has 1 saturated carbocycles. The van der Waals surface area contributed by atoms with Gasteiger partial charge in [0.25, 0.3) is 0 Å². The zero-order valence-electron chi connectivity index (χ0n) is 12.7. The Kier molecular flexibility index (Phi) is 4.27. The number of fused-ring (bicyclic) bond motifs is 1. The van der Waals surface area contributed by atoms with Crippen molar-refractivity contribution in [2.75, 3.05) is 19.6 Å². The van der Waals surface area contributed by atoms with Crippen LogP contribution >= 0.6 is 11.3 Å². The molecule has 110 valence electrons. The Morgan fingerprint density at radius 3 is 2.70 bits per heavy atom. The van der Waals surface area contributed by atoms with Gasteiger partial charge in [0.15, 0.2) is 5.78 Å². The van der Waals surface area contributed by atoms with E-state index < -0.39 is 0 Å². The highest BCUT2D eigenvalue weighted by Gasteiger charge is 2.31. The van der Waals surface area contributed by atoms with E-state index in [2.05, 4.69) is 24.8 Å². The van der Waals surface area contributed by atoms with Crippen molar-refractivity contribution in [2.45, 2.75) is 46.0 Å². The molecule has 2 unspecified atom stereocenters. The summed E-state index contributed by atoms with van der Waals surface area (Å²) in [5, 5.41) is 0. The van der Waals surface area contributed by atoms with Gasteiger partial charge in [-0.15, -0.1) is 11.3 Å². The predicted octanol–water partition coefficient (Wildman–Crippen LogP) is 4.06. The largest absolute Gasteiger partial charge is 0.296 e. The maximum atomic E-state index is 12.5. The second kappa shape index (κ2) is 5.98. The second-order valence-corrected chi connectivity index (χ2v) is 8.04. The summed E-state index contributed by atoms with van der Waals surface area (Å²) < 4.78 is 0. The van der Waals surface area contributed by atoms with Crippen LogP contribution in [0, 0.1) is 25.7 Å². The van der Waals surface area contributed by atoms with E-state index >= 15 is 0 Å². The fourth-order valence-electron chi connectivity index (χ4n) is 4.02. The van der Waals surface area contributed by atoms with Gasteiger partial charge >= 0.3 is 0 Å². The van der Waals surface area contributed by atoms with E-state index in [0.29, 0.717) is 12.3 Å². The van der Waals surface area contributed by atoms with Gasteiger partial charge in [0.2, 0.25) is 0 Å². The highest BCUT2D eigenvalue weighted by molar-refractivity contribution is 7.12. The number of likely N-dealkylation sites (tertiary alicyclic amines) is 1. The number of hydrogen-bond donors (Lipinski definition) is 0. The Morgan fingerprint density at radius 1 is 1.25 bits per heavy atom. The van der Waals surface area contributed by atoms with Crippen LogP contribution in [0.25, 0.3) is 0 Å². The van der Waals surface area contributed by atoms with Crippen LogP contribution in [0.2, 0.25) is 0 Å². The minimum Gasteiger partial charge on any atom is -0.296 e. The van der Waals surface area contributed by atoms with Gasteiger partial charge in [0.1, 0.15) is 0 Å². The van der Waals surface area contributed by atoms with Gasteiger partial charge in [-0.2, -0.15) is 0 Å². The van der Waals surface area contributed by atoms with Crippen molar-refractivity contribution in [3.63, 3.8) is 0 Å². The fourth-order valence-corrected chi connectivity index (χ4v) is 4.96. The molecule has 1 aliphatic carbocycles. The number of hydrogen-bond acceptors (Lipinski definition) is 3. The van der Waals surface area contributed by atoms with E-state index in [1.807, 2.05) is 0 Å². The number of rotatable bonds is 3. The molecule has 2 aliphatic rings. The molecule has 0 spiro atoms. The van der Waals surface area contributed by atoms with Gasteiger partial charge in [-0.25, -0.2) is 0 Å².